The van der Waals surface area contributed by atoms with Gasteiger partial charge in [-0.25, -0.2) is 4.98 Å². The van der Waals surface area contributed by atoms with Gasteiger partial charge in [0.2, 0.25) is 11.8 Å². The molecule has 2 amide bonds. The van der Waals surface area contributed by atoms with Crippen LogP contribution in [0.25, 0.3) is 0 Å². The van der Waals surface area contributed by atoms with Crippen molar-refractivity contribution in [3.05, 3.63) is 17.8 Å². The predicted molar refractivity (Wildman–Crippen MR) is 92.3 cm³/mol. The smallest absolute Gasteiger partial charge is 0.229 e. The zero-order valence-corrected chi connectivity index (χ0v) is 14.5. The molecule has 0 unspecified atom stereocenters. The monoisotopic (exact) mass is 317 g/mol. The summed E-state index contributed by atoms with van der Waals surface area (Å²) in [5.41, 5.74) is 1.11. The quantitative estimate of drug-likeness (QED) is 0.888. The van der Waals surface area contributed by atoms with Gasteiger partial charge in [-0.1, -0.05) is 40.0 Å². The Kier molecular flexibility index (Phi) is 5.39. The van der Waals surface area contributed by atoms with Crippen LogP contribution in [0.4, 0.5) is 11.5 Å². The van der Waals surface area contributed by atoms with Crippen molar-refractivity contribution in [2.24, 2.45) is 11.3 Å². The van der Waals surface area contributed by atoms with Crippen LogP contribution in [0.5, 0.6) is 0 Å². The molecule has 1 saturated carbocycles. The highest BCUT2D eigenvalue weighted by atomic mass is 16.2. The van der Waals surface area contributed by atoms with Gasteiger partial charge in [-0.15, -0.1) is 0 Å². The first-order valence-corrected chi connectivity index (χ1v) is 8.36. The highest BCUT2D eigenvalue weighted by molar-refractivity contribution is 5.95. The molecule has 0 bridgehead atoms. The molecule has 1 aliphatic rings. The lowest BCUT2D eigenvalue weighted by atomic mass is 9.89. The van der Waals surface area contributed by atoms with E-state index in [1.807, 2.05) is 27.7 Å². The summed E-state index contributed by atoms with van der Waals surface area (Å²) in [5, 5.41) is 5.78. The van der Waals surface area contributed by atoms with E-state index in [9.17, 15) is 9.59 Å². The van der Waals surface area contributed by atoms with Gasteiger partial charge in [0.05, 0.1) is 11.9 Å². The van der Waals surface area contributed by atoms with E-state index in [-0.39, 0.29) is 17.7 Å². The van der Waals surface area contributed by atoms with Gasteiger partial charge in [0.15, 0.2) is 0 Å². The molecule has 1 fully saturated rings. The molecule has 0 aromatic carbocycles. The highest BCUT2D eigenvalue weighted by Crippen LogP contribution is 2.25. The molecular formula is C18H27N3O2. The summed E-state index contributed by atoms with van der Waals surface area (Å²) in [7, 11) is 0. The van der Waals surface area contributed by atoms with Crippen LogP contribution in [0, 0.1) is 18.3 Å². The van der Waals surface area contributed by atoms with Gasteiger partial charge >= 0.3 is 0 Å². The highest BCUT2D eigenvalue weighted by Gasteiger charge is 2.23. The Balaban J connectivity index is 2.01. The lowest BCUT2D eigenvalue weighted by Crippen LogP contribution is -2.28. The van der Waals surface area contributed by atoms with Gasteiger partial charge in [0, 0.05) is 11.3 Å². The number of anilines is 2. The van der Waals surface area contributed by atoms with Crippen LogP contribution in [0.2, 0.25) is 0 Å². The Hall–Kier alpha value is -1.91. The Morgan fingerprint density at radius 2 is 1.78 bits per heavy atom. The third-order valence-electron chi connectivity index (χ3n) is 4.27. The molecule has 2 N–H and O–H groups in total. The Bertz CT molecular complexity index is 584. The van der Waals surface area contributed by atoms with Gasteiger partial charge in [0.1, 0.15) is 5.82 Å². The first-order chi connectivity index (χ1) is 10.8. The van der Waals surface area contributed by atoms with E-state index in [1.165, 1.54) is 6.42 Å². The van der Waals surface area contributed by atoms with Crippen molar-refractivity contribution in [3.8, 4) is 0 Å². The van der Waals surface area contributed by atoms with Crippen LogP contribution < -0.4 is 10.6 Å². The van der Waals surface area contributed by atoms with Crippen molar-refractivity contribution in [3.63, 3.8) is 0 Å². The van der Waals surface area contributed by atoms with Crippen LogP contribution >= 0.6 is 0 Å². The lowest BCUT2D eigenvalue weighted by Gasteiger charge is -2.21. The summed E-state index contributed by atoms with van der Waals surface area (Å²) < 4.78 is 0. The fourth-order valence-electron chi connectivity index (χ4n) is 2.66. The Morgan fingerprint density at radius 1 is 1.13 bits per heavy atom. The second-order valence-electron chi connectivity index (χ2n) is 7.41. The second kappa shape index (κ2) is 7.11. The van der Waals surface area contributed by atoms with Crippen LogP contribution in [0.15, 0.2) is 12.3 Å². The number of pyridine rings is 1. The fourth-order valence-corrected chi connectivity index (χ4v) is 2.66. The molecule has 1 aromatic heterocycles. The molecule has 0 radical (unpaired) electrons. The third kappa shape index (κ3) is 4.78. The summed E-state index contributed by atoms with van der Waals surface area (Å²) in [6, 6.07) is 1.80. The zero-order valence-electron chi connectivity index (χ0n) is 14.5. The maximum atomic E-state index is 12.3. The van der Waals surface area contributed by atoms with Crippen molar-refractivity contribution in [1.82, 2.24) is 4.98 Å². The molecular weight excluding hydrogens is 290 g/mol. The van der Waals surface area contributed by atoms with Crippen molar-refractivity contribution in [1.29, 1.82) is 0 Å². The van der Waals surface area contributed by atoms with Crippen molar-refractivity contribution in [2.45, 2.75) is 59.8 Å². The summed E-state index contributed by atoms with van der Waals surface area (Å²) in [6.07, 6.45) is 7.01. The average molecular weight is 317 g/mol. The molecule has 1 aliphatic carbocycles. The van der Waals surface area contributed by atoms with Crippen molar-refractivity contribution >= 4 is 23.3 Å². The molecule has 0 atom stereocenters. The van der Waals surface area contributed by atoms with E-state index in [0.717, 1.165) is 31.2 Å². The summed E-state index contributed by atoms with van der Waals surface area (Å²) in [6.45, 7) is 7.49. The first kappa shape index (κ1) is 17.4. The number of hydrogen-bond acceptors (Lipinski definition) is 3. The maximum Gasteiger partial charge on any atom is 0.229 e. The molecule has 0 saturated heterocycles. The van der Waals surface area contributed by atoms with Crippen LogP contribution in [0.3, 0.4) is 0 Å². The van der Waals surface area contributed by atoms with Crippen LogP contribution in [0.1, 0.15) is 58.4 Å². The normalized spacial score (nSPS) is 16.0. The van der Waals surface area contributed by atoms with E-state index in [0.29, 0.717) is 11.5 Å². The number of amides is 2. The first-order valence-electron chi connectivity index (χ1n) is 8.36. The Morgan fingerprint density at radius 3 is 2.35 bits per heavy atom. The standard InChI is InChI=1S/C18H27N3O2/c1-12-10-15(21-16(22)13-8-6-5-7-9-13)19-11-14(12)20-17(23)18(2,3)4/h10-11,13H,5-9H2,1-4H3,(H,20,23)(H,19,21,22). The molecule has 5 heteroatoms. The minimum atomic E-state index is -0.458. The van der Waals surface area contributed by atoms with E-state index < -0.39 is 5.41 Å². The van der Waals surface area contributed by atoms with Gasteiger partial charge < -0.3 is 10.6 Å². The minimum Gasteiger partial charge on any atom is -0.324 e. The number of carbonyl (C=O) groups excluding carboxylic acids is 2. The summed E-state index contributed by atoms with van der Waals surface area (Å²) >= 11 is 0. The van der Waals surface area contributed by atoms with Crippen molar-refractivity contribution < 1.29 is 9.59 Å². The molecule has 2 rings (SSSR count). The summed E-state index contributed by atoms with van der Waals surface area (Å²) in [5.74, 6) is 0.655. The average Bonchev–Trinajstić information content (AvgIpc) is 2.49. The zero-order chi connectivity index (χ0) is 17.0. The largest absolute Gasteiger partial charge is 0.324 e. The van der Waals surface area contributed by atoms with Gasteiger partial charge in [0.25, 0.3) is 0 Å². The van der Waals surface area contributed by atoms with Crippen LogP contribution in [-0.4, -0.2) is 16.8 Å². The number of rotatable bonds is 3. The lowest BCUT2D eigenvalue weighted by molar-refractivity contribution is -0.123. The summed E-state index contributed by atoms with van der Waals surface area (Å²) in [4.78, 5) is 28.6. The van der Waals surface area contributed by atoms with Gasteiger partial charge in [-0.2, -0.15) is 0 Å². The number of hydrogen-bond donors (Lipinski definition) is 2. The minimum absolute atomic E-state index is 0.0543. The van der Waals surface area contributed by atoms with E-state index >= 15 is 0 Å². The molecule has 0 aliphatic heterocycles. The number of aromatic nitrogens is 1. The van der Waals surface area contributed by atoms with Gasteiger partial charge in [-0.05, 0) is 31.4 Å². The molecule has 1 aromatic rings. The maximum absolute atomic E-state index is 12.3. The molecule has 1 heterocycles. The number of carbonyl (C=O) groups is 2. The van der Waals surface area contributed by atoms with E-state index in [4.69, 9.17) is 0 Å². The Labute approximate surface area is 138 Å². The van der Waals surface area contributed by atoms with Crippen LogP contribution in [-0.2, 0) is 9.59 Å². The van der Waals surface area contributed by atoms with E-state index in [2.05, 4.69) is 15.6 Å². The molecule has 5 nitrogen and oxygen atoms in total. The number of nitrogens with zero attached hydrogens (tertiary/aromatic N) is 1. The SMILES string of the molecule is Cc1cc(NC(=O)C2CCCCC2)ncc1NC(=O)C(C)(C)C. The third-order valence-corrected chi connectivity index (χ3v) is 4.27. The molecule has 0 spiro atoms. The molecule has 23 heavy (non-hydrogen) atoms. The predicted octanol–water partition coefficient (Wildman–Crippen LogP) is 3.89. The second-order valence-corrected chi connectivity index (χ2v) is 7.41. The topological polar surface area (TPSA) is 71.1 Å². The number of nitrogens with one attached hydrogen (secondary N) is 2. The van der Waals surface area contributed by atoms with Crippen molar-refractivity contribution in [2.75, 3.05) is 10.6 Å². The van der Waals surface area contributed by atoms with Gasteiger partial charge in [-0.3, -0.25) is 9.59 Å². The fraction of sp³-hybridized carbons (Fsp3) is 0.611. The number of aryl methyl sites for hydroxylation is 1. The van der Waals surface area contributed by atoms with E-state index in [1.54, 1.807) is 12.3 Å². The molecule has 126 valence electrons.